The Labute approximate surface area is 183 Å². The van der Waals surface area contributed by atoms with Crippen LogP contribution in [0.5, 0.6) is 0 Å². The molecule has 1 aromatic heterocycles. The van der Waals surface area contributed by atoms with Crippen LogP contribution in [0.2, 0.25) is 0 Å². The third-order valence-electron chi connectivity index (χ3n) is 5.17. The molecule has 3 rings (SSSR count). The molecule has 1 aromatic carbocycles. The number of nitrogens with zero attached hydrogens (tertiary/aromatic N) is 5. The molecule has 1 amide bonds. The fourth-order valence-electron chi connectivity index (χ4n) is 3.79. The number of benzene rings is 1. The van der Waals surface area contributed by atoms with Gasteiger partial charge in [-0.25, -0.2) is 0 Å². The van der Waals surface area contributed by atoms with E-state index in [-0.39, 0.29) is 23.2 Å². The molecule has 0 saturated carbocycles. The zero-order valence-corrected chi connectivity index (χ0v) is 19.4. The molecule has 164 valence electrons. The van der Waals surface area contributed by atoms with E-state index in [1.165, 1.54) is 17.3 Å². The molecule has 30 heavy (non-hydrogen) atoms. The van der Waals surface area contributed by atoms with Crippen LogP contribution in [0.3, 0.4) is 0 Å². The Morgan fingerprint density at radius 3 is 2.30 bits per heavy atom. The number of anilines is 1. The summed E-state index contributed by atoms with van der Waals surface area (Å²) in [5.74, 6) is 0.973. The second-order valence-electron chi connectivity index (χ2n) is 8.15. The van der Waals surface area contributed by atoms with E-state index in [1.807, 2.05) is 30.0 Å². The molecule has 1 atom stereocenters. The van der Waals surface area contributed by atoms with Crippen molar-refractivity contribution >= 4 is 23.6 Å². The average Bonchev–Trinajstić information content (AvgIpc) is 3.11. The molecule has 1 aliphatic rings. The SMILES string of the molecule is CC(C)N(C(=O)[C@@H](C)Sc1nnc(N2CCOCC2)n1Cc1ccccc1)C(C)C. The predicted molar refractivity (Wildman–Crippen MR) is 121 cm³/mol. The molecule has 0 bridgehead atoms. The van der Waals surface area contributed by atoms with Crippen LogP contribution in [0.15, 0.2) is 35.5 Å². The molecule has 0 radical (unpaired) electrons. The summed E-state index contributed by atoms with van der Waals surface area (Å²) in [6.07, 6.45) is 0. The van der Waals surface area contributed by atoms with Gasteiger partial charge in [0.2, 0.25) is 11.9 Å². The van der Waals surface area contributed by atoms with Gasteiger partial charge in [0.1, 0.15) is 0 Å². The van der Waals surface area contributed by atoms with Gasteiger partial charge < -0.3 is 14.5 Å². The molecule has 8 heteroatoms. The second-order valence-corrected chi connectivity index (χ2v) is 9.45. The van der Waals surface area contributed by atoms with Gasteiger partial charge in [0, 0.05) is 25.2 Å². The van der Waals surface area contributed by atoms with Gasteiger partial charge in [0.15, 0.2) is 5.16 Å². The number of ether oxygens (including phenoxy) is 1. The summed E-state index contributed by atoms with van der Waals surface area (Å²) < 4.78 is 7.63. The quantitative estimate of drug-likeness (QED) is 0.598. The van der Waals surface area contributed by atoms with Crippen LogP contribution < -0.4 is 4.90 Å². The van der Waals surface area contributed by atoms with Crippen molar-refractivity contribution in [1.29, 1.82) is 0 Å². The first-order chi connectivity index (χ1) is 14.4. The Bertz CT molecular complexity index is 810. The Morgan fingerprint density at radius 2 is 1.70 bits per heavy atom. The standard InChI is InChI=1S/C22H33N5O2S/c1-16(2)27(17(3)4)20(28)18(5)30-22-24-23-21(25-11-13-29-14-12-25)26(22)15-19-9-7-6-8-10-19/h6-10,16-18H,11-15H2,1-5H3/t18-/m1/s1. The maximum Gasteiger partial charge on any atom is 0.236 e. The van der Waals surface area contributed by atoms with Crippen LogP contribution in [-0.2, 0) is 16.1 Å². The first-order valence-electron chi connectivity index (χ1n) is 10.7. The molecular weight excluding hydrogens is 398 g/mol. The third kappa shape index (κ3) is 5.35. The minimum atomic E-state index is -0.244. The highest BCUT2D eigenvalue weighted by atomic mass is 32.2. The van der Waals surface area contributed by atoms with E-state index in [9.17, 15) is 4.79 Å². The Kier molecular flexibility index (Phi) is 7.77. The van der Waals surface area contributed by atoms with E-state index in [4.69, 9.17) is 4.74 Å². The average molecular weight is 432 g/mol. The monoisotopic (exact) mass is 431 g/mol. The van der Waals surface area contributed by atoms with E-state index in [2.05, 4.69) is 59.5 Å². The molecule has 1 saturated heterocycles. The van der Waals surface area contributed by atoms with Crippen molar-refractivity contribution in [3.8, 4) is 0 Å². The number of amides is 1. The Hall–Kier alpha value is -2.06. The number of hydrogen-bond acceptors (Lipinski definition) is 6. The summed E-state index contributed by atoms with van der Waals surface area (Å²) in [4.78, 5) is 17.3. The molecule has 1 aliphatic heterocycles. The lowest BCUT2D eigenvalue weighted by atomic mass is 10.2. The van der Waals surface area contributed by atoms with E-state index < -0.39 is 0 Å². The van der Waals surface area contributed by atoms with Crippen LogP contribution in [0.25, 0.3) is 0 Å². The summed E-state index contributed by atoms with van der Waals surface area (Å²) in [7, 11) is 0. The first kappa shape index (κ1) is 22.6. The smallest absolute Gasteiger partial charge is 0.236 e. The van der Waals surface area contributed by atoms with E-state index >= 15 is 0 Å². The van der Waals surface area contributed by atoms with Crippen LogP contribution >= 0.6 is 11.8 Å². The maximum absolute atomic E-state index is 13.1. The van der Waals surface area contributed by atoms with Crippen molar-refractivity contribution in [1.82, 2.24) is 19.7 Å². The molecule has 0 unspecified atom stereocenters. The number of aromatic nitrogens is 3. The molecule has 2 aromatic rings. The predicted octanol–water partition coefficient (Wildman–Crippen LogP) is 3.29. The van der Waals surface area contributed by atoms with Gasteiger partial charge in [-0.1, -0.05) is 42.1 Å². The maximum atomic E-state index is 13.1. The number of carbonyl (C=O) groups excluding carboxylic acids is 1. The molecule has 0 N–H and O–H groups in total. The normalized spacial score (nSPS) is 15.6. The van der Waals surface area contributed by atoms with Crippen LogP contribution in [0.4, 0.5) is 5.95 Å². The van der Waals surface area contributed by atoms with Gasteiger partial charge in [0.05, 0.1) is 25.0 Å². The molecule has 1 fully saturated rings. The lowest BCUT2D eigenvalue weighted by Gasteiger charge is -2.33. The van der Waals surface area contributed by atoms with Crippen molar-refractivity contribution in [2.45, 2.75) is 63.7 Å². The second kappa shape index (κ2) is 10.3. The molecule has 7 nitrogen and oxygen atoms in total. The molecule has 0 spiro atoms. The molecule has 0 aliphatic carbocycles. The third-order valence-corrected chi connectivity index (χ3v) is 6.24. The summed E-state index contributed by atoms with van der Waals surface area (Å²) in [6.45, 7) is 13.8. The lowest BCUT2D eigenvalue weighted by molar-refractivity contribution is -0.133. The van der Waals surface area contributed by atoms with Crippen LogP contribution in [-0.4, -0.2) is 69.2 Å². The van der Waals surface area contributed by atoms with Crippen LogP contribution in [0, 0.1) is 0 Å². The van der Waals surface area contributed by atoms with Crippen molar-refractivity contribution in [3.63, 3.8) is 0 Å². The number of morpholine rings is 1. The fraction of sp³-hybridized carbons (Fsp3) is 0.591. The van der Waals surface area contributed by atoms with Gasteiger partial charge in [-0.05, 0) is 40.2 Å². The summed E-state index contributed by atoms with van der Waals surface area (Å²) in [5.41, 5.74) is 1.18. The Balaban J connectivity index is 1.86. The first-order valence-corrected chi connectivity index (χ1v) is 11.5. The minimum absolute atomic E-state index is 0.132. The summed E-state index contributed by atoms with van der Waals surface area (Å²) in [5, 5.41) is 9.51. The van der Waals surface area contributed by atoms with E-state index in [1.54, 1.807) is 0 Å². The number of thioether (sulfide) groups is 1. The van der Waals surface area contributed by atoms with E-state index in [0.717, 1.165) is 24.2 Å². The van der Waals surface area contributed by atoms with Crippen molar-refractivity contribution in [2.24, 2.45) is 0 Å². The van der Waals surface area contributed by atoms with Crippen LogP contribution in [0.1, 0.15) is 40.2 Å². The largest absolute Gasteiger partial charge is 0.378 e. The fourth-order valence-corrected chi connectivity index (χ4v) is 4.69. The van der Waals surface area contributed by atoms with Gasteiger partial charge in [0.25, 0.3) is 0 Å². The summed E-state index contributed by atoms with van der Waals surface area (Å²) in [6, 6.07) is 10.6. The summed E-state index contributed by atoms with van der Waals surface area (Å²) >= 11 is 1.49. The van der Waals surface area contributed by atoms with Gasteiger partial charge in [-0.3, -0.25) is 9.36 Å². The molecule has 2 heterocycles. The zero-order chi connectivity index (χ0) is 21.7. The highest BCUT2D eigenvalue weighted by Gasteiger charge is 2.28. The zero-order valence-electron chi connectivity index (χ0n) is 18.6. The van der Waals surface area contributed by atoms with Crippen molar-refractivity contribution in [3.05, 3.63) is 35.9 Å². The number of carbonyl (C=O) groups is 1. The number of hydrogen-bond donors (Lipinski definition) is 0. The minimum Gasteiger partial charge on any atom is -0.378 e. The van der Waals surface area contributed by atoms with Crippen molar-refractivity contribution in [2.75, 3.05) is 31.2 Å². The van der Waals surface area contributed by atoms with Gasteiger partial charge in [-0.2, -0.15) is 0 Å². The number of rotatable bonds is 8. The Morgan fingerprint density at radius 1 is 1.07 bits per heavy atom. The van der Waals surface area contributed by atoms with Gasteiger partial charge >= 0.3 is 0 Å². The topological polar surface area (TPSA) is 63.5 Å². The van der Waals surface area contributed by atoms with E-state index in [0.29, 0.717) is 19.8 Å². The highest BCUT2D eigenvalue weighted by molar-refractivity contribution is 8.00. The molecular formula is C22H33N5O2S. The lowest BCUT2D eigenvalue weighted by Crippen LogP contribution is -2.45. The van der Waals surface area contributed by atoms with Crippen molar-refractivity contribution < 1.29 is 9.53 Å². The van der Waals surface area contributed by atoms with Gasteiger partial charge in [-0.15, -0.1) is 10.2 Å². The highest BCUT2D eigenvalue weighted by Crippen LogP contribution is 2.28.